The summed E-state index contributed by atoms with van der Waals surface area (Å²) in [6, 6.07) is 17.0. The van der Waals surface area contributed by atoms with Crippen molar-refractivity contribution < 1.29 is 14.3 Å². The molecule has 0 unspecified atom stereocenters. The number of carbonyl (C=O) groups is 1. The van der Waals surface area contributed by atoms with E-state index in [2.05, 4.69) is 4.98 Å². The van der Waals surface area contributed by atoms with Gasteiger partial charge in [-0.3, -0.25) is 4.79 Å². The SMILES string of the molecule is COc1ccccc1COc1cc(C(C)=O)nc2ccccc12. The van der Waals surface area contributed by atoms with Crippen LogP contribution in [0.25, 0.3) is 10.9 Å². The highest BCUT2D eigenvalue weighted by Gasteiger charge is 2.11. The van der Waals surface area contributed by atoms with Gasteiger partial charge in [0.15, 0.2) is 5.78 Å². The molecule has 4 nitrogen and oxygen atoms in total. The molecule has 4 heteroatoms. The molecule has 0 fully saturated rings. The molecule has 116 valence electrons. The molecule has 1 aromatic heterocycles. The Morgan fingerprint density at radius 1 is 1.04 bits per heavy atom. The molecule has 2 aromatic carbocycles. The second-order valence-electron chi connectivity index (χ2n) is 5.18. The number of fused-ring (bicyclic) bond motifs is 1. The first-order valence-corrected chi connectivity index (χ1v) is 7.34. The fourth-order valence-corrected chi connectivity index (χ4v) is 2.42. The average molecular weight is 307 g/mol. The van der Waals surface area contributed by atoms with Gasteiger partial charge >= 0.3 is 0 Å². The molecule has 0 aliphatic rings. The van der Waals surface area contributed by atoms with Crippen molar-refractivity contribution in [1.29, 1.82) is 0 Å². The van der Waals surface area contributed by atoms with Gasteiger partial charge in [-0.1, -0.05) is 30.3 Å². The number of hydrogen-bond donors (Lipinski definition) is 0. The van der Waals surface area contributed by atoms with Gasteiger partial charge in [0.05, 0.1) is 12.6 Å². The zero-order chi connectivity index (χ0) is 16.2. The molecule has 0 saturated carbocycles. The standard InChI is InChI=1S/C19H17NO3/c1-13(21)17-11-19(15-8-4-5-9-16(15)20-17)23-12-14-7-3-6-10-18(14)22-2/h3-11H,12H2,1-2H3. The number of methoxy groups -OCH3 is 1. The number of ether oxygens (including phenoxy) is 2. The zero-order valence-corrected chi connectivity index (χ0v) is 13.1. The molecule has 0 amide bonds. The van der Waals surface area contributed by atoms with Crippen molar-refractivity contribution in [3.05, 3.63) is 65.9 Å². The van der Waals surface area contributed by atoms with Crippen LogP contribution in [0.1, 0.15) is 23.0 Å². The lowest BCUT2D eigenvalue weighted by atomic mass is 10.1. The number of pyridine rings is 1. The van der Waals surface area contributed by atoms with E-state index in [1.54, 1.807) is 13.2 Å². The number of rotatable bonds is 5. The van der Waals surface area contributed by atoms with Gasteiger partial charge in [-0.05, 0) is 18.2 Å². The number of aromatic nitrogens is 1. The quantitative estimate of drug-likeness (QED) is 0.668. The first kappa shape index (κ1) is 15.0. The van der Waals surface area contributed by atoms with E-state index in [0.717, 1.165) is 22.2 Å². The van der Waals surface area contributed by atoms with Crippen LogP contribution in [-0.4, -0.2) is 17.9 Å². The minimum absolute atomic E-state index is 0.0853. The number of nitrogens with zero attached hydrogens (tertiary/aromatic N) is 1. The van der Waals surface area contributed by atoms with Gasteiger partial charge in [-0.15, -0.1) is 0 Å². The van der Waals surface area contributed by atoms with Crippen molar-refractivity contribution in [1.82, 2.24) is 4.98 Å². The lowest BCUT2D eigenvalue weighted by Crippen LogP contribution is -2.02. The van der Waals surface area contributed by atoms with Crippen LogP contribution >= 0.6 is 0 Å². The van der Waals surface area contributed by atoms with Crippen molar-refractivity contribution in [2.75, 3.05) is 7.11 Å². The third kappa shape index (κ3) is 3.16. The lowest BCUT2D eigenvalue weighted by molar-refractivity contribution is 0.101. The molecule has 0 radical (unpaired) electrons. The Morgan fingerprint density at radius 3 is 2.57 bits per heavy atom. The molecule has 0 N–H and O–H groups in total. The fourth-order valence-electron chi connectivity index (χ4n) is 2.42. The van der Waals surface area contributed by atoms with Crippen LogP contribution in [0.2, 0.25) is 0 Å². The third-order valence-electron chi connectivity index (χ3n) is 3.61. The summed E-state index contributed by atoms with van der Waals surface area (Å²) in [5.74, 6) is 1.34. The molecule has 3 aromatic rings. The molecular weight excluding hydrogens is 290 g/mol. The van der Waals surface area contributed by atoms with Crippen LogP contribution in [-0.2, 0) is 6.61 Å². The van der Waals surface area contributed by atoms with Gasteiger partial charge in [-0.2, -0.15) is 0 Å². The molecule has 0 aliphatic heterocycles. The number of para-hydroxylation sites is 2. The van der Waals surface area contributed by atoms with E-state index in [0.29, 0.717) is 18.1 Å². The van der Waals surface area contributed by atoms with Crippen molar-refractivity contribution in [2.24, 2.45) is 0 Å². The Hall–Kier alpha value is -2.88. The summed E-state index contributed by atoms with van der Waals surface area (Å²) < 4.78 is 11.3. The minimum Gasteiger partial charge on any atom is -0.496 e. The Kier molecular flexibility index (Phi) is 4.24. The van der Waals surface area contributed by atoms with Crippen LogP contribution in [0.5, 0.6) is 11.5 Å². The van der Waals surface area contributed by atoms with Crippen LogP contribution in [0.3, 0.4) is 0 Å². The van der Waals surface area contributed by atoms with E-state index < -0.39 is 0 Å². The van der Waals surface area contributed by atoms with E-state index in [1.807, 2.05) is 48.5 Å². The minimum atomic E-state index is -0.0853. The summed E-state index contributed by atoms with van der Waals surface area (Å²) >= 11 is 0. The molecule has 23 heavy (non-hydrogen) atoms. The first-order valence-electron chi connectivity index (χ1n) is 7.34. The van der Waals surface area contributed by atoms with Gasteiger partial charge in [0.25, 0.3) is 0 Å². The van der Waals surface area contributed by atoms with Gasteiger partial charge in [0.2, 0.25) is 0 Å². The highest BCUT2D eigenvalue weighted by molar-refractivity contribution is 5.96. The highest BCUT2D eigenvalue weighted by atomic mass is 16.5. The van der Waals surface area contributed by atoms with E-state index in [9.17, 15) is 4.79 Å². The Balaban J connectivity index is 1.97. The summed E-state index contributed by atoms with van der Waals surface area (Å²) in [6.07, 6.45) is 0. The van der Waals surface area contributed by atoms with Crippen LogP contribution < -0.4 is 9.47 Å². The van der Waals surface area contributed by atoms with Crippen LogP contribution in [0.4, 0.5) is 0 Å². The van der Waals surface area contributed by atoms with Gasteiger partial charge in [0.1, 0.15) is 23.8 Å². The highest BCUT2D eigenvalue weighted by Crippen LogP contribution is 2.27. The maximum absolute atomic E-state index is 11.7. The third-order valence-corrected chi connectivity index (χ3v) is 3.61. The zero-order valence-electron chi connectivity index (χ0n) is 13.1. The predicted molar refractivity (Wildman–Crippen MR) is 89.1 cm³/mol. The van der Waals surface area contributed by atoms with E-state index in [1.165, 1.54) is 6.92 Å². The van der Waals surface area contributed by atoms with E-state index in [-0.39, 0.29) is 5.78 Å². The molecule has 0 atom stereocenters. The monoisotopic (exact) mass is 307 g/mol. The van der Waals surface area contributed by atoms with Crippen molar-refractivity contribution in [3.8, 4) is 11.5 Å². The largest absolute Gasteiger partial charge is 0.496 e. The van der Waals surface area contributed by atoms with Gasteiger partial charge < -0.3 is 9.47 Å². The molecule has 1 heterocycles. The Morgan fingerprint density at radius 2 is 1.78 bits per heavy atom. The molecule has 0 spiro atoms. The Bertz CT molecular complexity index is 858. The molecule has 3 rings (SSSR count). The fraction of sp³-hybridized carbons (Fsp3) is 0.158. The van der Waals surface area contributed by atoms with E-state index in [4.69, 9.17) is 9.47 Å². The maximum Gasteiger partial charge on any atom is 0.178 e. The molecule has 0 aliphatic carbocycles. The van der Waals surface area contributed by atoms with Gasteiger partial charge in [0, 0.05) is 23.9 Å². The molecule has 0 bridgehead atoms. The molecule has 0 saturated heterocycles. The number of hydrogen-bond acceptors (Lipinski definition) is 4. The average Bonchev–Trinajstić information content (AvgIpc) is 2.59. The summed E-state index contributed by atoms with van der Waals surface area (Å²) in [5, 5.41) is 0.882. The predicted octanol–water partition coefficient (Wildman–Crippen LogP) is 4.03. The lowest BCUT2D eigenvalue weighted by Gasteiger charge is -2.12. The number of carbonyl (C=O) groups excluding carboxylic acids is 1. The number of benzene rings is 2. The Labute approximate surface area is 134 Å². The summed E-state index contributed by atoms with van der Waals surface area (Å²) in [5.41, 5.74) is 2.09. The normalized spacial score (nSPS) is 10.5. The van der Waals surface area contributed by atoms with Crippen molar-refractivity contribution >= 4 is 16.7 Å². The maximum atomic E-state index is 11.7. The number of Topliss-reactive ketones (excluding diaryl/α,β-unsaturated/α-hetero) is 1. The summed E-state index contributed by atoms with van der Waals surface area (Å²) in [6.45, 7) is 1.86. The first-order chi connectivity index (χ1) is 11.2. The summed E-state index contributed by atoms with van der Waals surface area (Å²) in [4.78, 5) is 16.0. The summed E-state index contributed by atoms with van der Waals surface area (Å²) in [7, 11) is 1.63. The second kappa shape index (κ2) is 6.48. The van der Waals surface area contributed by atoms with Crippen LogP contribution in [0.15, 0.2) is 54.6 Å². The topological polar surface area (TPSA) is 48.4 Å². The van der Waals surface area contributed by atoms with Crippen molar-refractivity contribution in [3.63, 3.8) is 0 Å². The van der Waals surface area contributed by atoms with Crippen LogP contribution in [0, 0.1) is 0 Å². The molecular formula is C19H17NO3. The smallest absolute Gasteiger partial charge is 0.178 e. The van der Waals surface area contributed by atoms with Gasteiger partial charge in [-0.25, -0.2) is 4.98 Å². The van der Waals surface area contributed by atoms with Crippen molar-refractivity contribution in [2.45, 2.75) is 13.5 Å². The van der Waals surface area contributed by atoms with E-state index >= 15 is 0 Å². The second-order valence-corrected chi connectivity index (χ2v) is 5.18. The number of ketones is 1.